The maximum Gasteiger partial charge on any atom is 0.393 e. The molecule has 4 nitrogen and oxygen atoms in total. The number of benzene rings is 1. The van der Waals surface area contributed by atoms with E-state index in [0.717, 1.165) is 18.4 Å². The Labute approximate surface area is 139 Å². The molecular formula is C17H21F3N2O2. The molecule has 1 heterocycles. The predicted molar refractivity (Wildman–Crippen MR) is 82.5 cm³/mol. The number of rotatable bonds is 5. The lowest BCUT2D eigenvalue weighted by Crippen LogP contribution is -2.43. The molecule has 1 N–H and O–H groups in total. The third-order valence-electron chi connectivity index (χ3n) is 4.73. The van der Waals surface area contributed by atoms with Crippen LogP contribution in [0.3, 0.4) is 0 Å². The van der Waals surface area contributed by atoms with Crippen molar-refractivity contribution in [2.45, 2.75) is 31.6 Å². The first kappa shape index (κ1) is 17.1. The van der Waals surface area contributed by atoms with Crippen molar-refractivity contribution in [1.29, 1.82) is 0 Å². The van der Waals surface area contributed by atoms with Gasteiger partial charge < -0.3 is 15.0 Å². The molecule has 24 heavy (non-hydrogen) atoms. The maximum absolute atomic E-state index is 13.1. The van der Waals surface area contributed by atoms with Crippen LogP contribution in [-0.4, -0.2) is 43.2 Å². The summed E-state index contributed by atoms with van der Waals surface area (Å²) in [5, 5.41) is 2.72. The van der Waals surface area contributed by atoms with Crippen molar-refractivity contribution < 1.29 is 22.7 Å². The SMILES string of the molecule is COc1ccc(CN(C(=O)[C@@H]2CNC[C@H]2C(F)(F)F)C2CC2)cc1. The van der Waals surface area contributed by atoms with Crippen molar-refractivity contribution >= 4 is 5.91 Å². The Morgan fingerprint density at radius 2 is 1.92 bits per heavy atom. The number of halogens is 3. The van der Waals surface area contributed by atoms with Gasteiger partial charge in [0.2, 0.25) is 5.91 Å². The standard InChI is InChI=1S/C17H21F3N2O2/c1-24-13-6-2-11(3-7-13)10-22(12-4-5-12)16(23)14-8-21-9-15(14)17(18,19)20/h2-3,6-7,12,14-15,21H,4-5,8-10H2,1H3/t14-,15-/m1/s1. The third-order valence-corrected chi connectivity index (χ3v) is 4.73. The fourth-order valence-corrected chi connectivity index (χ4v) is 3.20. The molecule has 0 unspecified atom stereocenters. The molecule has 1 aliphatic carbocycles. The largest absolute Gasteiger partial charge is 0.497 e. The van der Waals surface area contributed by atoms with E-state index >= 15 is 0 Å². The van der Waals surface area contributed by atoms with Gasteiger partial charge >= 0.3 is 6.18 Å². The van der Waals surface area contributed by atoms with E-state index in [0.29, 0.717) is 12.3 Å². The van der Waals surface area contributed by atoms with Crippen molar-refractivity contribution in [3.63, 3.8) is 0 Å². The highest BCUT2D eigenvalue weighted by atomic mass is 19.4. The second-order valence-electron chi connectivity index (χ2n) is 6.46. The van der Waals surface area contributed by atoms with Crippen LogP contribution in [0, 0.1) is 11.8 Å². The molecule has 0 spiro atoms. The molecule has 7 heteroatoms. The van der Waals surface area contributed by atoms with Gasteiger partial charge in [-0.05, 0) is 30.5 Å². The van der Waals surface area contributed by atoms with Crippen LogP contribution in [0.15, 0.2) is 24.3 Å². The summed E-state index contributed by atoms with van der Waals surface area (Å²) in [5.41, 5.74) is 0.894. The van der Waals surface area contributed by atoms with Crippen LogP contribution in [0.1, 0.15) is 18.4 Å². The molecule has 1 aromatic carbocycles. The summed E-state index contributed by atoms with van der Waals surface area (Å²) < 4.78 is 44.5. The molecule has 3 rings (SSSR count). The van der Waals surface area contributed by atoms with E-state index in [1.807, 2.05) is 12.1 Å². The van der Waals surface area contributed by atoms with Crippen LogP contribution in [0.4, 0.5) is 13.2 Å². The van der Waals surface area contributed by atoms with Crippen LogP contribution in [0.25, 0.3) is 0 Å². The number of ether oxygens (including phenoxy) is 1. The first-order chi connectivity index (χ1) is 11.4. The molecule has 1 amide bonds. The van der Waals surface area contributed by atoms with Gasteiger partial charge in [-0.3, -0.25) is 4.79 Å². The van der Waals surface area contributed by atoms with E-state index in [-0.39, 0.29) is 25.0 Å². The van der Waals surface area contributed by atoms with Crippen molar-refractivity contribution in [3.8, 4) is 5.75 Å². The number of nitrogens with one attached hydrogen (secondary N) is 1. The minimum Gasteiger partial charge on any atom is -0.497 e. The summed E-state index contributed by atoms with van der Waals surface area (Å²) in [4.78, 5) is 14.4. The van der Waals surface area contributed by atoms with Crippen LogP contribution in [-0.2, 0) is 11.3 Å². The van der Waals surface area contributed by atoms with E-state index in [2.05, 4.69) is 5.32 Å². The number of hydrogen-bond acceptors (Lipinski definition) is 3. The zero-order chi connectivity index (χ0) is 17.3. The van der Waals surface area contributed by atoms with Crippen LogP contribution in [0.2, 0.25) is 0 Å². The van der Waals surface area contributed by atoms with Crippen molar-refractivity contribution in [2.24, 2.45) is 11.8 Å². The zero-order valence-electron chi connectivity index (χ0n) is 13.5. The summed E-state index contributed by atoms with van der Waals surface area (Å²) in [6, 6.07) is 7.33. The Kier molecular flexibility index (Phi) is 4.71. The van der Waals surface area contributed by atoms with Gasteiger partial charge in [-0.1, -0.05) is 12.1 Å². The topological polar surface area (TPSA) is 41.6 Å². The fourth-order valence-electron chi connectivity index (χ4n) is 3.20. The molecule has 2 aliphatic rings. The van der Waals surface area contributed by atoms with Gasteiger partial charge in [0.05, 0.1) is 18.9 Å². The molecule has 1 aliphatic heterocycles. The van der Waals surface area contributed by atoms with Crippen LogP contribution < -0.4 is 10.1 Å². The molecule has 1 saturated heterocycles. The van der Waals surface area contributed by atoms with Crippen molar-refractivity contribution in [2.75, 3.05) is 20.2 Å². The minimum absolute atomic E-state index is 0.0640. The highest BCUT2D eigenvalue weighted by Gasteiger charge is 2.51. The van der Waals surface area contributed by atoms with Crippen molar-refractivity contribution in [1.82, 2.24) is 10.2 Å². The number of methoxy groups -OCH3 is 1. The van der Waals surface area contributed by atoms with Gasteiger partial charge in [0.25, 0.3) is 0 Å². The van der Waals surface area contributed by atoms with E-state index in [4.69, 9.17) is 4.74 Å². The zero-order valence-corrected chi connectivity index (χ0v) is 13.5. The number of carbonyl (C=O) groups excluding carboxylic acids is 1. The van der Waals surface area contributed by atoms with Crippen molar-refractivity contribution in [3.05, 3.63) is 29.8 Å². The second kappa shape index (κ2) is 6.63. The van der Waals surface area contributed by atoms with Gasteiger partial charge in [0.15, 0.2) is 0 Å². The summed E-state index contributed by atoms with van der Waals surface area (Å²) in [6.45, 7) is 0.254. The highest BCUT2D eigenvalue weighted by molar-refractivity contribution is 5.80. The van der Waals surface area contributed by atoms with E-state index < -0.39 is 18.0 Å². The summed E-state index contributed by atoms with van der Waals surface area (Å²) in [6.07, 6.45) is -2.63. The fraction of sp³-hybridized carbons (Fsp3) is 0.588. The Morgan fingerprint density at radius 3 is 2.46 bits per heavy atom. The third kappa shape index (κ3) is 3.66. The molecule has 132 valence electrons. The number of amides is 1. The molecule has 1 aromatic rings. The maximum atomic E-state index is 13.1. The first-order valence-electron chi connectivity index (χ1n) is 8.11. The number of hydrogen-bond donors (Lipinski definition) is 1. The highest BCUT2D eigenvalue weighted by Crippen LogP contribution is 2.38. The normalized spacial score (nSPS) is 24.0. The van der Waals surface area contributed by atoms with Crippen LogP contribution in [0.5, 0.6) is 5.75 Å². The predicted octanol–water partition coefficient (Wildman–Crippen LogP) is 2.58. The lowest BCUT2D eigenvalue weighted by Gasteiger charge is -2.29. The second-order valence-corrected chi connectivity index (χ2v) is 6.46. The first-order valence-corrected chi connectivity index (χ1v) is 8.11. The minimum atomic E-state index is -4.35. The Morgan fingerprint density at radius 1 is 1.25 bits per heavy atom. The average molecular weight is 342 g/mol. The summed E-state index contributed by atoms with van der Waals surface area (Å²) in [7, 11) is 1.57. The molecule has 0 radical (unpaired) electrons. The molecule has 2 fully saturated rings. The number of carbonyl (C=O) groups is 1. The van der Waals surface area contributed by atoms with E-state index in [9.17, 15) is 18.0 Å². The molecule has 1 saturated carbocycles. The van der Waals surface area contributed by atoms with E-state index in [1.54, 1.807) is 24.1 Å². The summed E-state index contributed by atoms with van der Waals surface area (Å²) in [5.74, 6) is -2.30. The van der Waals surface area contributed by atoms with Gasteiger partial charge in [-0.2, -0.15) is 13.2 Å². The van der Waals surface area contributed by atoms with Crippen LogP contribution >= 0.6 is 0 Å². The molecule has 0 bridgehead atoms. The summed E-state index contributed by atoms with van der Waals surface area (Å²) >= 11 is 0. The Bertz CT molecular complexity index is 584. The quantitative estimate of drug-likeness (QED) is 0.894. The number of alkyl halides is 3. The Hall–Kier alpha value is -1.76. The lowest BCUT2D eigenvalue weighted by molar-refractivity contribution is -0.185. The lowest BCUT2D eigenvalue weighted by atomic mass is 9.93. The smallest absolute Gasteiger partial charge is 0.393 e. The van der Waals surface area contributed by atoms with Gasteiger partial charge in [0.1, 0.15) is 5.75 Å². The molecule has 2 atom stereocenters. The monoisotopic (exact) mass is 342 g/mol. The van der Waals surface area contributed by atoms with Gasteiger partial charge in [-0.15, -0.1) is 0 Å². The molecule has 0 aromatic heterocycles. The van der Waals surface area contributed by atoms with E-state index in [1.165, 1.54) is 0 Å². The molecular weight excluding hydrogens is 321 g/mol. The Balaban J connectivity index is 1.74. The number of nitrogens with zero attached hydrogens (tertiary/aromatic N) is 1. The van der Waals surface area contributed by atoms with Gasteiger partial charge in [-0.25, -0.2) is 0 Å². The average Bonchev–Trinajstić information content (AvgIpc) is 3.26. The van der Waals surface area contributed by atoms with Gasteiger partial charge in [0, 0.05) is 25.7 Å².